The number of allylic oxidation sites excluding steroid dienone is 1. The second-order valence-corrected chi connectivity index (χ2v) is 2.75. The molecule has 0 N–H and O–H groups in total. The molecule has 0 amide bonds. The Labute approximate surface area is 83.7 Å². The number of carbonyl (C=O) groups is 1. The molecule has 0 fully saturated rings. The highest BCUT2D eigenvalue weighted by atomic mass is 16.6. The Morgan fingerprint density at radius 2 is 2.36 bits per heavy atom. The summed E-state index contributed by atoms with van der Waals surface area (Å²) in [6, 6.07) is 0. The molecule has 0 rings (SSSR count). The van der Waals surface area contributed by atoms with Crippen LogP contribution in [-0.4, -0.2) is 18.3 Å². The monoisotopic (exact) mass is 197 g/mol. The van der Waals surface area contributed by atoms with Gasteiger partial charge in [0, 0.05) is 12.5 Å². The van der Waals surface area contributed by atoms with Crippen molar-refractivity contribution in [2.75, 3.05) is 0 Å². The van der Waals surface area contributed by atoms with Crippen molar-refractivity contribution in [2.24, 2.45) is 4.99 Å². The van der Waals surface area contributed by atoms with Crippen LogP contribution in [0.25, 0.3) is 0 Å². The zero-order chi connectivity index (χ0) is 10.8. The first-order valence-electron chi connectivity index (χ1n) is 4.64. The number of hydrogen-bond donors (Lipinski definition) is 0. The van der Waals surface area contributed by atoms with Crippen molar-refractivity contribution in [1.82, 2.24) is 0 Å². The smallest absolute Gasteiger partial charge is 0.332 e. The van der Waals surface area contributed by atoms with Crippen LogP contribution < -0.4 is 0 Å². The van der Waals surface area contributed by atoms with Crippen LogP contribution in [0.1, 0.15) is 33.1 Å². The van der Waals surface area contributed by atoms with Gasteiger partial charge < -0.3 is 4.74 Å². The highest BCUT2D eigenvalue weighted by Gasteiger charge is 2.09. The summed E-state index contributed by atoms with van der Waals surface area (Å²) in [7, 11) is 0. The van der Waals surface area contributed by atoms with E-state index in [1.54, 1.807) is 13.0 Å². The number of nitrogens with zero attached hydrogens (tertiary/aromatic N) is 1. The number of isocyanates is 1. The molecular weight excluding hydrogens is 182 g/mol. The molecule has 0 bridgehead atoms. The fraction of sp³-hybridized carbons (Fsp3) is 0.600. The number of carbonyl (C=O) groups excluding carboxylic acids is 2. The molecule has 0 radical (unpaired) electrons. The summed E-state index contributed by atoms with van der Waals surface area (Å²) < 4.78 is 4.88. The van der Waals surface area contributed by atoms with Gasteiger partial charge in [0.2, 0.25) is 12.3 Å². The zero-order valence-corrected chi connectivity index (χ0v) is 8.53. The number of unbranched alkanes of at least 4 members (excludes halogenated alkanes) is 1. The molecule has 0 aromatic rings. The van der Waals surface area contributed by atoms with E-state index in [9.17, 15) is 9.59 Å². The van der Waals surface area contributed by atoms with E-state index in [4.69, 9.17) is 4.74 Å². The summed E-state index contributed by atoms with van der Waals surface area (Å²) in [6.07, 6.45) is 5.97. The first-order valence-corrected chi connectivity index (χ1v) is 4.64. The third kappa shape index (κ3) is 6.14. The van der Waals surface area contributed by atoms with Gasteiger partial charge in [-0.15, -0.1) is 0 Å². The second-order valence-electron chi connectivity index (χ2n) is 2.75. The standard InChI is InChI=1S/C10H15NO3/c1-3-5-7-9(11-8-12)14-10(13)6-4-2/h4,6,9H,3,5,7H2,1-2H3/b6-4+. The van der Waals surface area contributed by atoms with Crippen molar-refractivity contribution in [1.29, 1.82) is 0 Å². The maximum atomic E-state index is 11.0. The van der Waals surface area contributed by atoms with Gasteiger partial charge in [-0.3, -0.25) is 0 Å². The third-order valence-corrected chi connectivity index (χ3v) is 1.56. The minimum Gasteiger partial charge on any atom is -0.436 e. The maximum Gasteiger partial charge on any atom is 0.332 e. The Morgan fingerprint density at radius 3 is 2.86 bits per heavy atom. The van der Waals surface area contributed by atoms with E-state index in [1.807, 2.05) is 6.92 Å². The molecular formula is C10H15NO3. The number of aliphatic imine (C=N–C) groups is 1. The summed E-state index contributed by atoms with van der Waals surface area (Å²) in [4.78, 5) is 24.4. The largest absolute Gasteiger partial charge is 0.436 e. The molecule has 1 unspecified atom stereocenters. The highest BCUT2D eigenvalue weighted by molar-refractivity contribution is 5.81. The molecule has 4 nitrogen and oxygen atoms in total. The molecule has 1 atom stereocenters. The van der Waals surface area contributed by atoms with Gasteiger partial charge in [0.15, 0.2) is 0 Å². The van der Waals surface area contributed by atoms with Gasteiger partial charge in [0.1, 0.15) is 0 Å². The number of ether oxygens (including phenoxy) is 1. The third-order valence-electron chi connectivity index (χ3n) is 1.56. The van der Waals surface area contributed by atoms with Crippen molar-refractivity contribution in [3.05, 3.63) is 12.2 Å². The van der Waals surface area contributed by atoms with Crippen LogP contribution >= 0.6 is 0 Å². The lowest BCUT2D eigenvalue weighted by Gasteiger charge is -2.09. The van der Waals surface area contributed by atoms with E-state index in [-0.39, 0.29) is 0 Å². The first kappa shape index (κ1) is 12.6. The van der Waals surface area contributed by atoms with Crippen LogP contribution in [0.4, 0.5) is 0 Å². The van der Waals surface area contributed by atoms with Crippen LogP contribution in [0.5, 0.6) is 0 Å². The van der Waals surface area contributed by atoms with E-state index in [1.165, 1.54) is 12.2 Å². The molecule has 4 heteroatoms. The van der Waals surface area contributed by atoms with Crippen molar-refractivity contribution in [2.45, 2.75) is 39.3 Å². The molecule has 0 aromatic heterocycles. The predicted octanol–water partition coefficient (Wildman–Crippen LogP) is 1.96. The molecule has 0 saturated carbocycles. The minimum absolute atomic E-state index is 0.479. The quantitative estimate of drug-likeness (QED) is 0.283. The molecule has 0 aliphatic carbocycles. The summed E-state index contributed by atoms with van der Waals surface area (Å²) in [6.45, 7) is 3.72. The van der Waals surface area contributed by atoms with Gasteiger partial charge >= 0.3 is 5.97 Å². The van der Waals surface area contributed by atoms with Crippen molar-refractivity contribution < 1.29 is 14.3 Å². The van der Waals surface area contributed by atoms with Gasteiger partial charge in [-0.05, 0) is 13.3 Å². The van der Waals surface area contributed by atoms with Crippen molar-refractivity contribution >= 4 is 12.0 Å². The summed E-state index contributed by atoms with van der Waals surface area (Å²) >= 11 is 0. The lowest BCUT2D eigenvalue weighted by atomic mass is 10.2. The van der Waals surface area contributed by atoms with E-state index in [2.05, 4.69) is 4.99 Å². The summed E-state index contributed by atoms with van der Waals surface area (Å²) in [5, 5.41) is 0. The first-order chi connectivity index (χ1) is 6.74. The van der Waals surface area contributed by atoms with Crippen LogP contribution in [0.15, 0.2) is 17.1 Å². The van der Waals surface area contributed by atoms with E-state index >= 15 is 0 Å². The van der Waals surface area contributed by atoms with E-state index < -0.39 is 12.2 Å². The molecule has 0 aliphatic heterocycles. The van der Waals surface area contributed by atoms with Crippen LogP contribution in [-0.2, 0) is 14.3 Å². The lowest BCUT2D eigenvalue weighted by Crippen LogP contribution is -2.14. The van der Waals surface area contributed by atoms with Crippen LogP contribution in [0, 0.1) is 0 Å². The number of esters is 1. The van der Waals surface area contributed by atoms with E-state index in [0.717, 1.165) is 12.8 Å². The molecule has 0 heterocycles. The zero-order valence-electron chi connectivity index (χ0n) is 8.53. The SMILES string of the molecule is C/C=C/C(=O)OC(CCCC)N=C=O. The molecule has 0 saturated heterocycles. The van der Waals surface area contributed by atoms with Gasteiger partial charge in [-0.25, -0.2) is 9.59 Å². The lowest BCUT2D eigenvalue weighted by molar-refractivity contribution is -0.142. The Hall–Kier alpha value is -1.41. The maximum absolute atomic E-state index is 11.0. The van der Waals surface area contributed by atoms with Gasteiger partial charge in [0.05, 0.1) is 0 Å². The topological polar surface area (TPSA) is 55.7 Å². The Bertz CT molecular complexity index is 242. The fourth-order valence-electron chi connectivity index (χ4n) is 0.897. The van der Waals surface area contributed by atoms with Crippen molar-refractivity contribution in [3.8, 4) is 0 Å². The Balaban J connectivity index is 4.07. The fourth-order valence-corrected chi connectivity index (χ4v) is 0.897. The van der Waals surface area contributed by atoms with Crippen LogP contribution in [0.2, 0.25) is 0 Å². The van der Waals surface area contributed by atoms with Gasteiger partial charge in [0.25, 0.3) is 0 Å². The van der Waals surface area contributed by atoms with E-state index in [0.29, 0.717) is 6.42 Å². The van der Waals surface area contributed by atoms with Gasteiger partial charge in [-0.1, -0.05) is 19.4 Å². The normalized spacial score (nSPS) is 12.1. The van der Waals surface area contributed by atoms with Crippen molar-refractivity contribution in [3.63, 3.8) is 0 Å². The molecule has 14 heavy (non-hydrogen) atoms. The highest BCUT2D eigenvalue weighted by Crippen LogP contribution is 2.06. The summed E-state index contributed by atoms with van der Waals surface area (Å²) in [5.74, 6) is -0.479. The average Bonchev–Trinajstić information content (AvgIpc) is 2.15. The summed E-state index contributed by atoms with van der Waals surface area (Å²) in [5.41, 5.74) is 0. The Kier molecular flexibility index (Phi) is 7.37. The predicted molar refractivity (Wildman–Crippen MR) is 52.3 cm³/mol. The average molecular weight is 197 g/mol. The number of hydrogen-bond acceptors (Lipinski definition) is 4. The molecule has 78 valence electrons. The second kappa shape index (κ2) is 8.20. The number of rotatable bonds is 6. The molecule has 0 aliphatic rings. The van der Waals surface area contributed by atoms with Gasteiger partial charge in [-0.2, -0.15) is 4.99 Å². The minimum atomic E-state index is -0.684. The molecule has 0 spiro atoms. The van der Waals surface area contributed by atoms with Crippen LogP contribution in [0.3, 0.4) is 0 Å². The molecule has 0 aromatic carbocycles. The Morgan fingerprint density at radius 1 is 1.64 bits per heavy atom.